The molecule has 0 amide bonds. The Morgan fingerprint density at radius 2 is 1.88 bits per heavy atom. The van der Waals surface area contributed by atoms with Crippen LogP contribution in [0, 0.1) is 0 Å². The molecule has 4 nitrogen and oxygen atoms in total. The van der Waals surface area contributed by atoms with Crippen LogP contribution in [0.15, 0.2) is 18.2 Å². The molecule has 0 aliphatic carbocycles. The minimum atomic E-state index is 0.207. The maximum absolute atomic E-state index is 9.71. The molecule has 1 aromatic carbocycles. The number of aromatic hydroxyl groups is 1. The molecule has 1 heterocycles. The molecule has 88 valence electrons. The highest BCUT2D eigenvalue weighted by atomic mass is 16.5. The number of methoxy groups -OCH3 is 1. The van der Waals surface area contributed by atoms with Crippen molar-refractivity contribution in [3.63, 3.8) is 0 Å². The van der Waals surface area contributed by atoms with Crippen molar-refractivity contribution in [1.82, 2.24) is 4.90 Å². The predicted molar refractivity (Wildman–Crippen MR) is 64.4 cm³/mol. The Kier molecular flexibility index (Phi) is 3.19. The monoisotopic (exact) mass is 222 g/mol. The van der Waals surface area contributed by atoms with Gasteiger partial charge in [-0.1, -0.05) is 0 Å². The Balaban J connectivity index is 2.12. The summed E-state index contributed by atoms with van der Waals surface area (Å²) in [6, 6.07) is 5.57. The van der Waals surface area contributed by atoms with Crippen molar-refractivity contribution in [2.24, 2.45) is 0 Å². The van der Waals surface area contributed by atoms with E-state index in [0.29, 0.717) is 5.75 Å². The number of anilines is 1. The van der Waals surface area contributed by atoms with E-state index in [0.717, 1.165) is 31.9 Å². The van der Waals surface area contributed by atoms with Crippen molar-refractivity contribution < 1.29 is 9.84 Å². The third kappa shape index (κ3) is 2.22. The van der Waals surface area contributed by atoms with Crippen molar-refractivity contribution in [1.29, 1.82) is 0 Å². The third-order valence-electron chi connectivity index (χ3n) is 3.03. The van der Waals surface area contributed by atoms with E-state index in [1.165, 1.54) is 0 Å². The molecule has 1 aromatic rings. The fourth-order valence-corrected chi connectivity index (χ4v) is 1.94. The summed E-state index contributed by atoms with van der Waals surface area (Å²) in [4.78, 5) is 4.58. The van der Waals surface area contributed by atoms with Crippen molar-refractivity contribution in [2.75, 3.05) is 45.2 Å². The van der Waals surface area contributed by atoms with E-state index in [1.807, 2.05) is 12.1 Å². The summed E-state index contributed by atoms with van der Waals surface area (Å²) in [7, 11) is 3.69. The molecular formula is C12H18N2O2. The number of phenolic OH excluding ortho intramolecular Hbond substituents is 1. The van der Waals surface area contributed by atoms with Gasteiger partial charge in [0, 0.05) is 37.9 Å². The largest absolute Gasteiger partial charge is 0.504 e. The van der Waals surface area contributed by atoms with Crippen LogP contribution in [-0.2, 0) is 0 Å². The van der Waals surface area contributed by atoms with Gasteiger partial charge in [-0.05, 0) is 19.2 Å². The quantitative estimate of drug-likeness (QED) is 0.814. The molecule has 0 spiro atoms. The van der Waals surface area contributed by atoms with Gasteiger partial charge in [0.15, 0.2) is 11.5 Å². The molecule has 1 aliphatic heterocycles. The van der Waals surface area contributed by atoms with Gasteiger partial charge in [-0.15, -0.1) is 0 Å². The SMILES string of the molecule is COc1ccc(N2CCN(C)CC2)cc1O. The van der Waals surface area contributed by atoms with Crippen molar-refractivity contribution in [3.8, 4) is 11.5 Å². The van der Waals surface area contributed by atoms with Gasteiger partial charge in [-0.3, -0.25) is 0 Å². The Morgan fingerprint density at radius 3 is 2.44 bits per heavy atom. The molecule has 16 heavy (non-hydrogen) atoms. The lowest BCUT2D eigenvalue weighted by Gasteiger charge is -2.34. The minimum Gasteiger partial charge on any atom is -0.504 e. The molecule has 1 fully saturated rings. The molecule has 2 rings (SSSR count). The topological polar surface area (TPSA) is 35.9 Å². The normalized spacial score (nSPS) is 17.5. The molecule has 1 aliphatic rings. The summed E-state index contributed by atoms with van der Waals surface area (Å²) >= 11 is 0. The molecule has 1 saturated heterocycles. The summed E-state index contributed by atoms with van der Waals surface area (Å²) in [6.45, 7) is 4.13. The third-order valence-corrected chi connectivity index (χ3v) is 3.03. The van der Waals surface area contributed by atoms with Crippen LogP contribution in [0.25, 0.3) is 0 Å². The van der Waals surface area contributed by atoms with E-state index in [1.54, 1.807) is 13.2 Å². The zero-order chi connectivity index (χ0) is 11.5. The van der Waals surface area contributed by atoms with Crippen LogP contribution < -0.4 is 9.64 Å². The van der Waals surface area contributed by atoms with Gasteiger partial charge in [-0.25, -0.2) is 0 Å². The standard InChI is InChI=1S/C12H18N2O2/c1-13-5-7-14(8-6-13)10-3-4-12(16-2)11(15)9-10/h3-4,9,15H,5-8H2,1-2H3. The molecular weight excluding hydrogens is 204 g/mol. The number of benzene rings is 1. The number of nitrogens with zero attached hydrogens (tertiary/aromatic N) is 2. The Hall–Kier alpha value is -1.42. The first-order valence-electron chi connectivity index (χ1n) is 5.51. The van der Waals surface area contributed by atoms with Crippen LogP contribution in [0.3, 0.4) is 0 Å². The van der Waals surface area contributed by atoms with E-state index in [2.05, 4.69) is 16.8 Å². The second kappa shape index (κ2) is 4.61. The smallest absolute Gasteiger partial charge is 0.160 e. The van der Waals surface area contributed by atoms with E-state index in [9.17, 15) is 5.11 Å². The number of hydrogen-bond acceptors (Lipinski definition) is 4. The first-order chi connectivity index (χ1) is 7.70. The maximum atomic E-state index is 9.71. The fraction of sp³-hybridized carbons (Fsp3) is 0.500. The lowest BCUT2D eigenvalue weighted by atomic mass is 10.2. The van der Waals surface area contributed by atoms with E-state index in [4.69, 9.17) is 4.74 Å². The average molecular weight is 222 g/mol. The van der Waals surface area contributed by atoms with Crippen molar-refractivity contribution in [2.45, 2.75) is 0 Å². The number of piperazine rings is 1. The second-order valence-corrected chi connectivity index (χ2v) is 4.15. The van der Waals surface area contributed by atoms with Gasteiger partial charge in [0.1, 0.15) is 0 Å². The first-order valence-corrected chi connectivity index (χ1v) is 5.51. The number of ether oxygens (including phenoxy) is 1. The number of rotatable bonds is 2. The highest BCUT2D eigenvalue weighted by Crippen LogP contribution is 2.30. The molecule has 0 unspecified atom stereocenters. The molecule has 0 atom stereocenters. The summed E-state index contributed by atoms with van der Waals surface area (Å²) in [6.07, 6.45) is 0. The van der Waals surface area contributed by atoms with Gasteiger partial charge in [0.05, 0.1) is 7.11 Å². The van der Waals surface area contributed by atoms with Crippen molar-refractivity contribution >= 4 is 5.69 Å². The second-order valence-electron chi connectivity index (χ2n) is 4.15. The van der Waals surface area contributed by atoms with Gasteiger partial charge < -0.3 is 19.6 Å². The van der Waals surface area contributed by atoms with Gasteiger partial charge >= 0.3 is 0 Å². The Morgan fingerprint density at radius 1 is 1.19 bits per heavy atom. The number of likely N-dealkylation sites (N-methyl/N-ethyl adjacent to an activating group) is 1. The average Bonchev–Trinajstić information content (AvgIpc) is 2.30. The van der Waals surface area contributed by atoms with Gasteiger partial charge in [0.2, 0.25) is 0 Å². The minimum absolute atomic E-state index is 0.207. The Bertz CT molecular complexity index is 360. The van der Waals surface area contributed by atoms with E-state index < -0.39 is 0 Å². The highest BCUT2D eigenvalue weighted by molar-refractivity contribution is 5.56. The lowest BCUT2D eigenvalue weighted by molar-refractivity contribution is 0.312. The molecule has 0 saturated carbocycles. The molecule has 4 heteroatoms. The van der Waals surface area contributed by atoms with Crippen LogP contribution in [0.1, 0.15) is 0 Å². The van der Waals surface area contributed by atoms with E-state index in [-0.39, 0.29) is 5.75 Å². The summed E-state index contributed by atoms with van der Waals surface area (Å²) in [5.41, 5.74) is 1.06. The highest BCUT2D eigenvalue weighted by Gasteiger charge is 2.15. The predicted octanol–water partition coefficient (Wildman–Crippen LogP) is 1.15. The molecule has 0 radical (unpaired) electrons. The van der Waals surface area contributed by atoms with E-state index >= 15 is 0 Å². The lowest BCUT2D eigenvalue weighted by Crippen LogP contribution is -2.44. The van der Waals surface area contributed by atoms with Crippen LogP contribution in [0.4, 0.5) is 5.69 Å². The zero-order valence-corrected chi connectivity index (χ0v) is 9.81. The summed E-state index contributed by atoms with van der Waals surface area (Å²) < 4.78 is 5.03. The molecule has 1 N–H and O–H groups in total. The van der Waals surface area contributed by atoms with Crippen LogP contribution in [0.2, 0.25) is 0 Å². The number of phenols is 1. The van der Waals surface area contributed by atoms with Gasteiger partial charge in [0.25, 0.3) is 0 Å². The zero-order valence-electron chi connectivity index (χ0n) is 9.81. The van der Waals surface area contributed by atoms with Gasteiger partial charge in [-0.2, -0.15) is 0 Å². The van der Waals surface area contributed by atoms with Crippen LogP contribution in [-0.4, -0.2) is 50.3 Å². The molecule has 0 bridgehead atoms. The fourth-order valence-electron chi connectivity index (χ4n) is 1.94. The number of hydrogen-bond donors (Lipinski definition) is 1. The van der Waals surface area contributed by atoms with Crippen molar-refractivity contribution in [3.05, 3.63) is 18.2 Å². The summed E-state index contributed by atoms with van der Waals surface area (Å²) in [5.74, 6) is 0.733. The first kappa shape index (κ1) is 11.1. The summed E-state index contributed by atoms with van der Waals surface area (Å²) in [5, 5.41) is 9.71. The Labute approximate surface area is 96.0 Å². The molecule has 0 aromatic heterocycles. The van der Waals surface area contributed by atoms with Crippen LogP contribution >= 0.6 is 0 Å². The van der Waals surface area contributed by atoms with Crippen LogP contribution in [0.5, 0.6) is 11.5 Å². The maximum Gasteiger partial charge on any atom is 0.160 e.